The zero-order chi connectivity index (χ0) is 44.5. The highest BCUT2D eigenvalue weighted by molar-refractivity contribution is 6.15. The van der Waals surface area contributed by atoms with Crippen molar-refractivity contribution in [1.29, 1.82) is 0 Å². The zero-order valence-corrected chi connectivity index (χ0v) is 38.9. The highest BCUT2D eigenvalue weighted by atomic mass is 16.5. The normalized spacial score (nSPS) is 11.9. The predicted octanol–water partition coefficient (Wildman–Crippen LogP) is 15.2. The Morgan fingerprint density at radius 1 is 0.359 bits per heavy atom. The number of nitrogens with zero attached hydrogens (tertiary/aromatic N) is 2. The Hall–Kier alpha value is -6.28. The third kappa shape index (κ3) is 7.86. The second-order valence-electron chi connectivity index (χ2n) is 17.6. The van der Waals surface area contributed by atoms with Crippen molar-refractivity contribution < 1.29 is 18.9 Å². The lowest BCUT2D eigenvalue weighted by molar-refractivity contribution is 0.310. The van der Waals surface area contributed by atoms with Gasteiger partial charge < -0.3 is 28.9 Å². The van der Waals surface area contributed by atoms with Crippen LogP contribution in [-0.4, -0.2) is 46.4 Å². The summed E-state index contributed by atoms with van der Waals surface area (Å²) in [6, 6.07) is 26.0. The summed E-state index contributed by atoms with van der Waals surface area (Å²) in [6.45, 7) is 20.0. The number of ether oxygens (including phenoxy) is 4. The first kappa shape index (κ1) is 43.0. The van der Waals surface area contributed by atoms with Gasteiger partial charge in [-0.15, -0.1) is 0 Å². The Morgan fingerprint density at radius 3 is 1.02 bits per heavy atom. The number of hydrogen-bond acceptors (Lipinski definition) is 6. The van der Waals surface area contributed by atoms with Gasteiger partial charge in [0.2, 0.25) is 0 Å². The number of rotatable bonds is 16. The minimum absolute atomic E-state index is 0.627. The summed E-state index contributed by atoms with van der Waals surface area (Å²) in [6.07, 6.45) is 8.05. The summed E-state index contributed by atoms with van der Waals surface area (Å²) in [4.78, 5) is 18.9. The molecule has 5 heterocycles. The summed E-state index contributed by atoms with van der Waals surface area (Å²) >= 11 is 0. The largest absolute Gasteiger partial charge is 0.493 e. The van der Waals surface area contributed by atoms with Crippen molar-refractivity contribution in [3.05, 3.63) is 95.1 Å². The average molecular weight is 855 g/mol. The molecule has 4 aromatic carbocycles. The molecule has 0 fully saturated rings. The van der Waals surface area contributed by atoms with E-state index in [1.54, 1.807) is 0 Å². The summed E-state index contributed by atoms with van der Waals surface area (Å²) in [7, 11) is 0. The van der Waals surface area contributed by atoms with Crippen LogP contribution < -0.4 is 18.9 Å². The number of hydrogen-bond donors (Lipinski definition) is 2. The average Bonchev–Trinajstić information content (AvgIpc) is 4.04. The fourth-order valence-corrected chi connectivity index (χ4v) is 9.36. The Bertz CT molecular complexity index is 3070. The molecular weight excluding hydrogens is 793 g/mol. The van der Waals surface area contributed by atoms with Gasteiger partial charge in [0.15, 0.2) is 0 Å². The van der Waals surface area contributed by atoms with E-state index >= 15 is 0 Å². The first-order chi connectivity index (χ1) is 31.2. The summed E-state index contributed by atoms with van der Waals surface area (Å²) < 4.78 is 26.5. The molecule has 7 aromatic rings. The molecule has 2 N–H and O–H groups in total. The van der Waals surface area contributed by atoms with Crippen molar-refractivity contribution in [3.8, 4) is 68.0 Å². The molecule has 2 aliphatic rings. The van der Waals surface area contributed by atoms with Crippen molar-refractivity contribution in [2.75, 3.05) is 26.4 Å². The van der Waals surface area contributed by atoms with Crippen molar-refractivity contribution in [3.63, 3.8) is 0 Å². The Morgan fingerprint density at radius 2 is 0.656 bits per heavy atom. The molecule has 9 rings (SSSR count). The van der Waals surface area contributed by atoms with E-state index in [0.717, 1.165) is 185 Å². The lowest BCUT2D eigenvalue weighted by atomic mass is 9.97. The van der Waals surface area contributed by atoms with Crippen molar-refractivity contribution in [1.82, 2.24) is 19.9 Å². The van der Waals surface area contributed by atoms with Crippen LogP contribution in [0.2, 0.25) is 0 Å². The van der Waals surface area contributed by atoms with Gasteiger partial charge in [0, 0.05) is 43.7 Å². The molecule has 0 spiro atoms. The highest BCUT2D eigenvalue weighted by Gasteiger charge is 2.27. The van der Waals surface area contributed by atoms with Crippen LogP contribution in [0.5, 0.6) is 23.0 Å². The van der Waals surface area contributed by atoms with E-state index in [1.165, 1.54) is 0 Å². The first-order valence-corrected chi connectivity index (χ1v) is 23.6. The number of aromatic amines is 2. The molecule has 2 aliphatic heterocycles. The minimum Gasteiger partial charge on any atom is -0.493 e. The van der Waals surface area contributed by atoms with Gasteiger partial charge in [0.25, 0.3) is 0 Å². The number of benzene rings is 4. The molecule has 8 heteroatoms. The topological polar surface area (TPSA) is 94.3 Å². The molecule has 8 bridgehead atoms. The van der Waals surface area contributed by atoms with Gasteiger partial charge in [-0.3, -0.25) is 0 Å². The summed E-state index contributed by atoms with van der Waals surface area (Å²) in [5.41, 5.74) is 15.9. The molecule has 0 atom stereocenters. The second-order valence-corrected chi connectivity index (χ2v) is 17.6. The Balaban J connectivity index is 1.47. The second kappa shape index (κ2) is 18.4. The fourth-order valence-electron chi connectivity index (χ4n) is 9.36. The van der Waals surface area contributed by atoms with Crippen LogP contribution in [0.15, 0.2) is 72.8 Å². The van der Waals surface area contributed by atoms with Crippen LogP contribution in [0.3, 0.4) is 0 Å². The van der Waals surface area contributed by atoms with Gasteiger partial charge in [-0.1, -0.05) is 77.6 Å². The smallest absolute Gasteiger partial charge is 0.129 e. The molecule has 64 heavy (non-hydrogen) atoms. The van der Waals surface area contributed by atoms with Gasteiger partial charge in [-0.05, 0) is 124 Å². The zero-order valence-electron chi connectivity index (χ0n) is 38.9. The molecule has 0 saturated carbocycles. The van der Waals surface area contributed by atoms with E-state index in [1.807, 2.05) is 0 Å². The number of fused-ring (bicyclic) bond motifs is 20. The fraction of sp³-hybridized carbons (Fsp3) is 0.357. The minimum atomic E-state index is 0.627. The molecule has 0 amide bonds. The first-order valence-electron chi connectivity index (χ1n) is 23.6. The summed E-state index contributed by atoms with van der Waals surface area (Å²) in [5, 5.41) is 4.26. The number of aryl methyl sites for hydroxylation is 4. The Kier molecular flexibility index (Phi) is 12.4. The van der Waals surface area contributed by atoms with Crippen molar-refractivity contribution in [2.45, 2.75) is 107 Å². The van der Waals surface area contributed by atoms with E-state index in [0.29, 0.717) is 26.4 Å². The molecule has 0 unspecified atom stereocenters. The van der Waals surface area contributed by atoms with E-state index in [9.17, 15) is 0 Å². The lowest BCUT2D eigenvalue weighted by Gasteiger charge is -2.13. The van der Waals surface area contributed by atoms with Crippen LogP contribution in [0, 0.1) is 27.7 Å². The van der Waals surface area contributed by atoms with E-state index in [4.69, 9.17) is 28.9 Å². The van der Waals surface area contributed by atoms with Crippen LogP contribution in [-0.2, 0) is 0 Å². The van der Waals surface area contributed by atoms with Crippen LogP contribution in [0.1, 0.15) is 101 Å². The predicted molar refractivity (Wildman–Crippen MR) is 265 cm³/mol. The van der Waals surface area contributed by atoms with Gasteiger partial charge in [0.05, 0.1) is 71.4 Å². The molecule has 3 aromatic heterocycles. The highest BCUT2D eigenvalue weighted by Crippen LogP contribution is 2.49. The van der Waals surface area contributed by atoms with Gasteiger partial charge in [-0.2, -0.15) is 0 Å². The molecular formula is C56H62N4O4. The third-order valence-electron chi connectivity index (χ3n) is 12.8. The number of aromatic nitrogens is 4. The molecule has 0 radical (unpaired) electrons. The van der Waals surface area contributed by atoms with E-state index in [2.05, 4.69) is 138 Å². The van der Waals surface area contributed by atoms with Crippen LogP contribution in [0.25, 0.3) is 88.6 Å². The van der Waals surface area contributed by atoms with E-state index < -0.39 is 0 Å². The lowest BCUT2D eigenvalue weighted by Crippen LogP contribution is -1.99. The monoisotopic (exact) mass is 854 g/mol. The quantitative estimate of drug-likeness (QED) is 0.0940. The number of unbranched alkanes of at least 4 members (excludes halogenated alkanes) is 4. The Labute approximate surface area is 377 Å². The standard InChI is InChI=1S/C56H62N4O4/c1-9-13-25-61-45-21-17-33(5)49-37-29-38-50-34(6)18-22-46(62-26-14-10-2)54(50)42(58-38)31-40-52-36(8)20-24-48(64-28-16-12-4)56(52)44(60-40)32-43-55-47(63-27-15-11-3)23-19-35(7)51(55)39(59-43)30-41(57-37)53(45)49/h17-24,29-32,57,60H,9-16,25-28H2,1-8H3. The van der Waals surface area contributed by atoms with Crippen molar-refractivity contribution >= 4 is 43.6 Å². The van der Waals surface area contributed by atoms with Gasteiger partial charge in [0.1, 0.15) is 23.0 Å². The molecule has 0 aliphatic carbocycles. The maximum absolute atomic E-state index is 6.64. The number of H-pyrrole nitrogens is 2. The third-order valence-corrected chi connectivity index (χ3v) is 12.8. The maximum Gasteiger partial charge on any atom is 0.129 e. The van der Waals surface area contributed by atoms with Gasteiger partial charge >= 0.3 is 0 Å². The molecule has 330 valence electrons. The van der Waals surface area contributed by atoms with E-state index in [-0.39, 0.29) is 0 Å². The van der Waals surface area contributed by atoms with Crippen LogP contribution in [0.4, 0.5) is 0 Å². The number of nitrogens with one attached hydrogen (secondary N) is 2. The molecule has 0 saturated heterocycles. The SMILES string of the molecule is CCCCOc1ccc(C)c2c1-c1cc3[nH]c(cc4nc(cc5[nH]c(cc-2n1)c1c(C)ccc(OCCCC)c51)-c1c(C)ccc(OCCCC)c1-4)c1c(OCCCC)ccc(C)c31. The maximum atomic E-state index is 6.64. The van der Waals surface area contributed by atoms with Crippen LogP contribution >= 0.6 is 0 Å². The van der Waals surface area contributed by atoms with Gasteiger partial charge in [-0.25, -0.2) is 9.97 Å². The molecule has 8 nitrogen and oxygen atoms in total. The van der Waals surface area contributed by atoms with Crippen molar-refractivity contribution in [2.24, 2.45) is 0 Å². The summed E-state index contributed by atoms with van der Waals surface area (Å²) in [5.74, 6) is 3.37.